The van der Waals surface area contributed by atoms with Gasteiger partial charge in [0.1, 0.15) is 12.4 Å². The first kappa shape index (κ1) is 26.1. The van der Waals surface area contributed by atoms with E-state index < -0.39 is 10.9 Å². The number of carbonyl (C=O) groups excluding carboxylic acids is 2. The fourth-order valence-corrected chi connectivity index (χ4v) is 4.73. The van der Waals surface area contributed by atoms with Crippen LogP contribution in [0.15, 0.2) is 81.1 Å². The van der Waals surface area contributed by atoms with Crippen LogP contribution in [-0.4, -0.2) is 41.0 Å². The Labute approximate surface area is 225 Å². The number of halogens is 1. The summed E-state index contributed by atoms with van der Waals surface area (Å²) in [6.07, 6.45) is 1.72. The van der Waals surface area contributed by atoms with Crippen molar-refractivity contribution in [2.24, 2.45) is 4.99 Å². The maximum Gasteiger partial charge on any atom is 0.337 e. The van der Waals surface area contributed by atoms with E-state index in [2.05, 4.69) is 20.9 Å². The van der Waals surface area contributed by atoms with Gasteiger partial charge >= 0.3 is 5.97 Å². The van der Waals surface area contributed by atoms with E-state index in [1.54, 1.807) is 55.6 Å². The lowest BCUT2D eigenvalue weighted by Gasteiger charge is -2.10. The van der Waals surface area contributed by atoms with Gasteiger partial charge in [0.05, 0.1) is 28.2 Å². The molecule has 4 rings (SSSR count). The summed E-state index contributed by atoms with van der Waals surface area (Å²) in [5, 5.41) is 11.5. The fraction of sp³-hybridized carbons (Fsp3) is 0.115. The average molecular weight is 582 g/mol. The average Bonchev–Trinajstić information content (AvgIpc) is 3.16. The molecule has 1 aliphatic heterocycles. The van der Waals surface area contributed by atoms with Crippen LogP contribution in [0.25, 0.3) is 6.08 Å². The maximum absolute atomic E-state index is 12.9. The van der Waals surface area contributed by atoms with E-state index in [0.717, 1.165) is 4.47 Å². The number of ether oxygens (including phenoxy) is 2. The van der Waals surface area contributed by atoms with Gasteiger partial charge in [0.15, 0.2) is 5.17 Å². The third kappa shape index (κ3) is 6.25. The summed E-state index contributed by atoms with van der Waals surface area (Å²) in [6.45, 7) is 0.120. The molecule has 3 aromatic carbocycles. The van der Waals surface area contributed by atoms with Crippen LogP contribution < -0.4 is 4.74 Å². The molecule has 1 heterocycles. The lowest BCUT2D eigenvalue weighted by molar-refractivity contribution is -0.384. The van der Waals surface area contributed by atoms with Crippen molar-refractivity contribution in [3.8, 4) is 5.75 Å². The van der Waals surface area contributed by atoms with Crippen molar-refractivity contribution in [3.63, 3.8) is 0 Å². The molecule has 0 unspecified atom stereocenters. The number of aliphatic imine (C=N–C) groups is 1. The van der Waals surface area contributed by atoms with Crippen molar-refractivity contribution < 1.29 is 24.0 Å². The molecule has 11 heteroatoms. The Morgan fingerprint density at radius 3 is 2.62 bits per heavy atom. The predicted octanol–water partition coefficient (Wildman–Crippen LogP) is 5.96. The number of thioether (sulfide) groups is 1. The van der Waals surface area contributed by atoms with Crippen LogP contribution in [0, 0.1) is 10.1 Å². The van der Waals surface area contributed by atoms with Crippen molar-refractivity contribution in [1.29, 1.82) is 0 Å². The molecule has 1 saturated heterocycles. The number of hydrogen-bond acceptors (Lipinski definition) is 8. The number of nitro groups is 1. The van der Waals surface area contributed by atoms with Crippen molar-refractivity contribution in [2.75, 3.05) is 14.2 Å². The molecular formula is C26H20BrN3O6S. The van der Waals surface area contributed by atoms with E-state index in [-0.39, 0.29) is 18.2 Å². The number of esters is 1. The molecule has 0 saturated carbocycles. The highest BCUT2D eigenvalue weighted by Gasteiger charge is 2.30. The fourth-order valence-electron chi connectivity index (χ4n) is 3.38. The Morgan fingerprint density at radius 1 is 1.16 bits per heavy atom. The lowest BCUT2D eigenvalue weighted by atomic mass is 10.1. The number of rotatable bonds is 7. The highest BCUT2D eigenvalue weighted by atomic mass is 79.9. The van der Waals surface area contributed by atoms with Crippen LogP contribution in [0.2, 0.25) is 0 Å². The summed E-state index contributed by atoms with van der Waals surface area (Å²) in [7, 11) is 2.95. The number of nitrogens with zero attached hydrogens (tertiary/aromatic N) is 3. The maximum atomic E-state index is 12.9. The number of benzene rings is 3. The smallest absolute Gasteiger partial charge is 0.337 e. The van der Waals surface area contributed by atoms with Crippen molar-refractivity contribution in [3.05, 3.63) is 103 Å². The first-order chi connectivity index (χ1) is 17.7. The second-order valence-corrected chi connectivity index (χ2v) is 9.73. The van der Waals surface area contributed by atoms with E-state index in [1.165, 1.54) is 35.9 Å². The molecule has 0 N–H and O–H groups in total. The van der Waals surface area contributed by atoms with Crippen LogP contribution in [-0.2, 0) is 16.1 Å². The van der Waals surface area contributed by atoms with Crippen molar-refractivity contribution in [1.82, 2.24) is 4.90 Å². The molecule has 1 amide bonds. The standard InChI is InChI=1S/C26H20BrN3O6S/c1-29-24(31)23(37-26(29)28-20-9-6-17(7-10-20)25(32)35-2)14-18-13-19(27)8-11-22(18)36-15-16-4-3-5-21(12-16)30(33)34/h3-14H,15H2,1-2H3/b23-14-,28-26?. The second-order valence-electron chi connectivity index (χ2n) is 7.81. The minimum absolute atomic E-state index is 0.0120. The molecule has 188 valence electrons. The molecule has 0 aromatic heterocycles. The number of amides is 1. The number of amidine groups is 1. The number of methoxy groups -OCH3 is 1. The number of non-ortho nitro benzene ring substituents is 1. The Balaban J connectivity index is 1.56. The number of likely N-dealkylation sites (N-methyl/N-ethyl adjacent to an activating group) is 1. The third-order valence-electron chi connectivity index (χ3n) is 5.29. The second kappa shape index (κ2) is 11.4. The molecule has 0 aliphatic carbocycles. The van der Waals surface area contributed by atoms with E-state index in [9.17, 15) is 19.7 Å². The van der Waals surface area contributed by atoms with Gasteiger partial charge in [-0.2, -0.15) is 0 Å². The van der Waals surface area contributed by atoms with Gasteiger partial charge in [0.25, 0.3) is 11.6 Å². The van der Waals surface area contributed by atoms with Gasteiger partial charge in [-0.3, -0.25) is 19.8 Å². The zero-order chi connectivity index (χ0) is 26.5. The SMILES string of the molecule is COC(=O)c1ccc(N=C2S/C(=C\c3cc(Br)ccc3OCc3cccc([N+](=O)[O-])c3)C(=O)N2C)cc1. The van der Waals surface area contributed by atoms with Gasteiger partial charge in [0.2, 0.25) is 0 Å². The summed E-state index contributed by atoms with van der Waals surface area (Å²) in [5.41, 5.74) is 2.28. The monoisotopic (exact) mass is 581 g/mol. The molecule has 1 aliphatic rings. The molecule has 3 aromatic rings. The summed E-state index contributed by atoms with van der Waals surface area (Å²) in [6, 6.07) is 18.2. The number of hydrogen-bond donors (Lipinski definition) is 0. The zero-order valence-corrected chi connectivity index (χ0v) is 22.1. The van der Waals surface area contributed by atoms with E-state index in [4.69, 9.17) is 9.47 Å². The predicted molar refractivity (Wildman–Crippen MR) is 145 cm³/mol. The minimum atomic E-state index is -0.453. The number of nitro benzene ring substituents is 1. The molecule has 1 fully saturated rings. The molecule has 0 radical (unpaired) electrons. The molecule has 0 bridgehead atoms. The van der Waals surface area contributed by atoms with Crippen LogP contribution in [0.1, 0.15) is 21.5 Å². The van der Waals surface area contributed by atoms with E-state index >= 15 is 0 Å². The number of carbonyl (C=O) groups is 2. The van der Waals surface area contributed by atoms with E-state index in [0.29, 0.717) is 38.2 Å². The van der Waals surface area contributed by atoms with Crippen LogP contribution >= 0.6 is 27.7 Å². The normalized spacial score (nSPS) is 15.3. The van der Waals surface area contributed by atoms with Gasteiger partial charge in [-0.05, 0) is 65.9 Å². The Morgan fingerprint density at radius 2 is 1.92 bits per heavy atom. The highest BCUT2D eigenvalue weighted by Crippen LogP contribution is 2.35. The highest BCUT2D eigenvalue weighted by molar-refractivity contribution is 9.10. The summed E-state index contributed by atoms with van der Waals surface area (Å²) in [4.78, 5) is 41.6. The van der Waals surface area contributed by atoms with Crippen LogP contribution in [0.4, 0.5) is 11.4 Å². The first-order valence-corrected chi connectivity index (χ1v) is 12.5. The topological polar surface area (TPSA) is 111 Å². The zero-order valence-electron chi connectivity index (χ0n) is 19.7. The third-order valence-corrected chi connectivity index (χ3v) is 6.84. The molecule has 0 spiro atoms. The van der Waals surface area contributed by atoms with Crippen LogP contribution in [0.5, 0.6) is 5.75 Å². The van der Waals surface area contributed by atoms with Crippen molar-refractivity contribution in [2.45, 2.75) is 6.61 Å². The summed E-state index contributed by atoms with van der Waals surface area (Å²) < 4.78 is 11.5. The summed E-state index contributed by atoms with van der Waals surface area (Å²) in [5.74, 6) is -0.147. The molecule has 0 atom stereocenters. The van der Waals surface area contributed by atoms with Gasteiger partial charge in [-0.15, -0.1) is 0 Å². The van der Waals surface area contributed by atoms with Crippen LogP contribution in [0.3, 0.4) is 0 Å². The Bertz CT molecular complexity index is 1440. The largest absolute Gasteiger partial charge is 0.488 e. The minimum Gasteiger partial charge on any atom is -0.488 e. The Hall–Kier alpha value is -3.96. The van der Waals surface area contributed by atoms with Gasteiger partial charge in [0, 0.05) is 29.2 Å². The quantitative estimate of drug-likeness (QED) is 0.146. The van der Waals surface area contributed by atoms with Gasteiger partial charge in [-0.25, -0.2) is 9.79 Å². The van der Waals surface area contributed by atoms with E-state index in [1.807, 2.05) is 12.1 Å². The molecule has 9 nitrogen and oxygen atoms in total. The summed E-state index contributed by atoms with van der Waals surface area (Å²) >= 11 is 4.67. The van der Waals surface area contributed by atoms with Crippen molar-refractivity contribution >= 4 is 62.2 Å². The molecule has 37 heavy (non-hydrogen) atoms. The van der Waals surface area contributed by atoms with Gasteiger partial charge < -0.3 is 9.47 Å². The lowest BCUT2D eigenvalue weighted by Crippen LogP contribution is -2.23. The Kier molecular flexibility index (Phi) is 8.04. The first-order valence-electron chi connectivity index (χ1n) is 10.9. The van der Waals surface area contributed by atoms with Gasteiger partial charge in [-0.1, -0.05) is 28.1 Å². The molecular weight excluding hydrogens is 562 g/mol.